The molecule has 20 heavy (non-hydrogen) atoms. The fourth-order valence-corrected chi connectivity index (χ4v) is 1.87. The molecule has 0 aliphatic rings. The van der Waals surface area contributed by atoms with Crippen molar-refractivity contribution in [2.75, 3.05) is 5.73 Å². The summed E-state index contributed by atoms with van der Waals surface area (Å²) >= 11 is 11.8. The first-order valence-electron chi connectivity index (χ1n) is 5.41. The van der Waals surface area contributed by atoms with Gasteiger partial charge in [-0.2, -0.15) is 0 Å². The van der Waals surface area contributed by atoms with E-state index in [1.807, 2.05) is 0 Å². The zero-order valence-corrected chi connectivity index (χ0v) is 11.5. The first kappa shape index (κ1) is 14.4. The van der Waals surface area contributed by atoms with Gasteiger partial charge < -0.3 is 16.2 Å². The molecule has 0 bridgehead atoms. The predicted octanol–water partition coefficient (Wildman–Crippen LogP) is 3.61. The molecule has 0 heterocycles. The molecule has 0 spiro atoms. The number of carbonyl (C=O) groups is 1. The van der Waals surface area contributed by atoms with Crippen molar-refractivity contribution in [1.82, 2.24) is 0 Å². The Morgan fingerprint density at radius 2 is 1.90 bits per heavy atom. The third kappa shape index (κ3) is 2.79. The van der Waals surface area contributed by atoms with E-state index in [2.05, 4.69) is 0 Å². The Bertz CT molecular complexity index is 692. The van der Waals surface area contributed by atoms with Gasteiger partial charge in [0.25, 0.3) is 5.91 Å². The minimum Gasteiger partial charge on any atom is -0.453 e. The van der Waals surface area contributed by atoms with Crippen molar-refractivity contribution in [2.45, 2.75) is 0 Å². The highest BCUT2D eigenvalue weighted by Crippen LogP contribution is 2.36. The molecule has 0 atom stereocenters. The van der Waals surface area contributed by atoms with E-state index < -0.39 is 11.7 Å². The van der Waals surface area contributed by atoms with E-state index in [1.165, 1.54) is 6.07 Å². The summed E-state index contributed by atoms with van der Waals surface area (Å²) in [5, 5.41) is 0.390. The molecule has 0 aliphatic heterocycles. The third-order valence-corrected chi connectivity index (χ3v) is 3.31. The Hall–Kier alpha value is -1.98. The average molecular weight is 315 g/mol. The van der Waals surface area contributed by atoms with E-state index in [-0.39, 0.29) is 32.8 Å². The summed E-state index contributed by atoms with van der Waals surface area (Å²) in [7, 11) is 0. The van der Waals surface area contributed by atoms with E-state index in [1.54, 1.807) is 12.1 Å². The van der Waals surface area contributed by atoms with Gasteiger partial charge in [-0.15, -0.1) is 0 Å². The smallest absolute Gasteiger partial charge is 0.250 e. The second kappa shape index (κ2) is 5.56. The van der Waals surface area contributed by atoms with Crippen molar-refractivity contribution in [1.29, 1.82) is 0 Å². The minimum atomic E-state index is -0.787. The number of anilines is 1. The van der Waals surface area contributed by atoms with Crippen LogP contribution in [0, 0.1) is 5.82 Å². The lowest BCUT2D eigenvalue weighted by atomic mass is 10.1. The van der Waals surface area contributed by atoms with E-state index in [0.717, 1.165) is 12.1 Å². The molecule has 0 aliphatic carbocycles. The second-order valence-corrected chi connectivity index (χ2v) is 4.67. The molecular formula is C13H9Cl2FN2O2. The van der Waals surface area contributed by atoms with Crippen LogP contribution in [-0.2, 0) is 0 Å². The molecule has 2 rings (SSSR count). The normalized spacial score (nSPS) is 10.3. The maximum absolute atomic E-state index is 13.8. The molecule has 7 heteroatoms. The van der Waals surface area contributed by atoms with Gasteiger partial charge in [-0.1, -0.05) is 29.3 Å². The summed E-state index contributed by atoms with van der Waals surface area (Å²) < 4.78 is 19.1. The van der Waals surface area contributed by atoms with Crippen LogP contribution in [-0.4, -0.2) is 5.91 Å². The highest BCUT2D eigenvalue weighted by molar-refractivity contribution is 6.42. The van der Waals surface area contributed by atoms with Crippen molar-refractivity contribution in [3.63, 3.8) is 0 Å². The van der Waals surface area contributed by atoms with Gasteiger partial charge in [-0.3, -0.25) is 4.79 Å². The highest BCUT2D eigenvalue weighted by Gasteiger charge is 2.15. The number of primary amides is 1. The SMILES string of the molecule is NC(=O)c1cc(Oc2cccc(Cl)c2Cl)c(F)cc1N. The van der Waals surface area contributed by atoms with Gasteiger partial charge >= 0.3 is 0 Å². The Labute approximate surface area is 124 Å². The van der Waals surface area contributed by atoms with Gasteiger partial charge in [-0.25, -0.2) is 4.39 Å². The van der Waals surface area contributed by atoms with Crippen LogP contribution in [0.15, 0.2) is 30.3 Å². The molecule has 0 radical (unpaired) electrons. The molecule has 4 nitrogen and oxygen atoms in total. The van der Waals surface area contributed by atoms with Crippen molar-refractivity contribution in [3.8, 4) is 11.5 Å². The number of amides is 1. The lowest BCUT2D eigenvalue weighted by Crippen LogP contribution is -2.14. The van der Waals surface area contributed by atoms with Crippen LogP contribution in [0.3, 0.4) is 0 Å². The Morgan fingerprint density at radius 3 is 2.55 bits per heavy atom. The van der Waals surface area contributed by atoms with Gasteiger partial charge in [0, 0.05) is 11.8 Å². The van der Waals surface area contributed by atoms with E-state index >= 15 is 0 Å². The number of carbonyl (C=O) groups excluding carboxylic acids is 1. The summed E-state index contributed by atoms with van der Waals surface area (Å²) in [6.45, 7) is 0. The topological polar surface area (TPSA) is 78.3 Å². The lowest BCUT2D eigenvalue weighted by Gasteiger charge is -2.11. The maximum Gasteiger partial charge on any atom is 0.250 e. The Kier molecular flexibility index (Phi) is 4.01. The zero-order chi connectivity index (χ0) is 14.9. The highest BCUT2D eigenvalue weighted by atomic mass is 35.5. The van der Waals surface area contributed by atoms with Gasteiger partial charge in [0.15, 0.2) is 11.6 Å². The molecule has 2 aromatic rings. The van der Waals surface area contributed by atoms with Crippen LogP contribution >= 0.6 is 23.2 Å². The van der Waals surface area contributed by atoms with Crippen molar-refractivity contribution >= 4 is 34.8 Å². The van der Waals surface area contributed by atoms with Crippen LogP contribution in [0.4, 0.5) is 10.1 Å². The first-order valence-corrected chi connectivity index (χ1v) is 6.16. The van der Waals surface area contributed by atoms with Crippen LogP contribution in [0.1, 0.15) is 10.4 Å². The third-order valence-electron chi connectivity index (χ3n) is 2.51. The summed E-state index contributed by atoms with van der Waals surface area (Å²) in [6.07, 6.45) is 0. The summed E-state index contributed by atoms with van der Waals surface area (Å²) in [4.78, 5) is 11.2. The standard InChI is InChI=1S/C13H9Cl2FN2O2/c14-7-2-1-3-10(12(7)15)20-11-4-6(13(18)19)9(17)5-8(11)16/h1-5H,17H2,(H2,18,19). The lowest BCUT2D eigenvalue weighted by molar-refractivity contribution is 0.100. The number of nitrogens with two attached hydrogens (primary N) is 2. The molecule has 1 amide bonds. The number of nitrogen functional groups attached to an aromatic ring is 1. The fraction of sp³-hybridized carbons (Fsp3) is 0. The number of halogens is 3. The van der Waals surface area contributed by atoms with Gasteiger partial charge in [-0.05, 0) is 18.2 Å². The quantitative estimate of drug-likeness (QED) is 0.849. The molecule has 0 saturated heterocycles. The minimum absolute atomic E-state index is 0.0421. The maximum atomic E-state index is 13.8. The molecule has 2 aromatic carbocycles. The fourth-order valence-electron chi connectivity index (χ4n) is 1.54. The number of rotatable bonds is 3. The molecule has 0 fully saturated rings. The Balaban J connectivity index is 2.46. The van der Waals surface area contributed by atoms with Crippen LogP contribution in [0.25, 0.3) is 0 Å². The molecular weight excluding hydrogens is 306 g/mol. The summed E-state index contributed by atoms with van der Waals surface area (Å²) in [5.74, 6) is -1.61. The Morgan fingerprint density at radius 1 is 1.20 bits per heavy atom. The second-order valence-electron chi connectivity index (χ2n) is 3.89. The van der Waals surface area contributed by atoms with Crippen LogP contribution < -0.4 is 16.2 Å². The number of hydrogen-bond acceptors (Lipinski definition) is 3. The van der Waals surface area contributed by atoms with E-state index in [0.29, 0.717) is 0 Å². The van der Waals surface area contributed by atoms with E-state index in [4.69, 9.17) is 39.4 Å². The van der Waals surface area contributed by atoms with Gasteiger partial charge in [0.1, 0.15) is 10.8 Å². The van der Waals surface area contributed by atoms with Crippen LogP contribution in [0.5, 0.6) is 11.5 Å². The molecule has 0 unspecified atom stereocenters. The average Bonchev–Trinajstić information content (AvgIpc) is 2.37. The molecule has 0 aromatic heterocycles. The number of benzene rings is 2. The van der Waals surface area contributed by atoms with Gasteiger partial charge in [0.05, 0.1) is 10.6 Å². The predicted molar refractivity (Wildman–Crippen MR) is 75.9 cm³/mol. The molecule has 4 N–H and O–H groups in total. The number of ether oxygens (including phenoxy) is 1. The zero-order valence-electron chi connectivity index (χ0n) is 9.99. The summed E-state index contributed by atoms with van der Waals surface area (Å²) in [5.41, 5.74) is 10.5. The molecule has 0 saturated carbocycles. The summed E-state index contributed by atoms with van der Waals surface area (Å²) in [6, 6.07) is 6.73. The monoisotopic (exact) mass is 314 g/mol. The van der Waals surface area contributed by atoms with E-state index in [9.17, 15) is 9.18 Å². The molecule has 104 valence electrons. The largest absolute Gasteiger partial charge is 0.453 e. The van der Waals surface area contributed by atoms with Crippen molar-refractivity contribution < 1.29 is 13.9 Å². The first-order chi connectivity index (χ1) is 9.40. The number of hydrogen-bond donors (Lipinski definition) is 2. The van der Waals surface area contributed by atoms with Crippen molar-refractivity contribution in [3.05, 3.63) is 51.8 Å². The van der Waals surface area contributed by atoms with Crippen molar-refractivity contribution in [2.24, 2.45) is 5.73 Å². The van der Waals surface area contributed by atoms with Crippen LogP contribution in [0.2, 0.25) is 10.0 Å². The van der Waals surface area contributed by atoms with Gasteiger partial charge in [0.2, 0.25) is 0 Å².